The van der Waals surface area contributed by atoms with Gasteiger partial charge in [-0.25, -0.2) is 9.59 Å². The van der Waals surface area contributed by atoms with Crippen LogP contribution in [0.25, 0.3) is 0 Å². The van der Waals surface area contributed by atoms with Crippen LogP contribution in [-0.4, -0.2) is 39.8 Å². The number of amides is 1. The van der Waals surface area contributed by atoms with Gasteiger partial charge in [-0.05, 0) is 52.4 Å². The van der Waals surface area contributed by atoms with Crippen molar-refractivity contribution in [2.45, 2.75) is 70.6 Å². The van der Waals surface area contributed by atoms with Gasteiger partial charge in [-0.3, -0.25) is 4.90 Å². The summed E-state index contributed by atoms with van der Waals surface area (Å²) in [6.07, 6.45) is 4.13. The van der Waals surface area contributed by atoms with Gasteiger partial charge in [-0.1, -0.05) is 6.42 Å². The quantitative estimate of drug-likeness (QED) is 0.852. The van der Waals surface area contributed by atoms with Crippen LogP contribution in [-0.2, 0) is 9.53 Å². The van der Waals surface area contributed by atoms with E-state index in [-0.39, 0.29) is 12.0 Å². The van der Waals surface area contributed by atoms with Crippen LogP contribution in [0.4, 0.5) is 4.79 Å². The molecule has 0 aromatic heterocycles. The van der Waals surface area contributed by atoms with Crippen LogP contribution in [0.15, 0.2) is 0 Å². The molecule has 0 aliphatic heterocycles. The highest BCUT2D eigenvalue weighted by Crippen LogP contribution is 2.38. The van der Waals surface area contributed by atoms with Crippen molar-refractivity contribution in [1.82, 2.24) is 4.90 Å². The Labute approximate surface area is 113 Å². The van der Waals surface area contributed by atoms with Crippen molar-refractivity contribution in [1.29, 1.82) is 0 Å². The van der Waals surface area contributed by atoms with Crippen molar-refractivity contribution >= 4 is 12.1 Å². The normalized spacial score (nSPS) is 21.4. The standard InChI is InChI=1S/C14H23NO4/c1-14(2,3)19-13(18)15(10-7-8-10)11(12(16)17)9-5-4-6-9/h9-11H,4-8H2,1-3H3,(H,16,17). The third-order valence-electron chi connectivity index (χ3n) is 3.69. The van der Waals surface area contributed by atoms with E-state index in [1.54, 1.807) is 20.8 Å². The number of carbonyl (C=O) groups is 2. The van der Waals surface area contributed by atoms with Gasteiger partial charge in [-0.2, -0.15) is 0 Å². The second-order valence-electron chi connectivity index (χ2n) is 6.59. The maximum atomic E-state index is 12.3. The van der Waals surface area contributed by atoms with Gasteiger partial charge in [0.25, 0.3) is 0 Å². The SMILES string of the molecule is CC(C)(C)OC(=O)N(C1CC1)C(C(=O)O)C1CCC1. The van der Waals surface area contributed by atoms with Crippen molar-refractivity contribution in [3.05, 3.63) is 0 Å². The van der Waals surface area contributed by atoms with Gasteiger partial charge in [0.2, 0.25) is 0 Å². The molecule has 0 bridgehead atoms. The van der Waals surface area contributed by atoms with Gasteiger partial charge in [0, 0.05) is 6.04 Å². The summed E-state index contributed by atoms with van der Waals surface area (Å²) in [4.78, 5) is 25.3. The van der Waals surface area contributed by atoms with Gasteiger partial charge < -0.3 is 9.84 Å². The highest BCUT2D eigenvalue weighted by Gasteiger charge is 2.47. The highest BCUT2D eigenvalue weighted by molar-refractivity contribution is 5.81. The van der Waals surface area contributed by atoms with Crippen LogP contribution < -0.4 is 0 Å². The largest absolute Gasteiger partial charge is 0.480 e. The summed E-state index contributed by atoms with van der Waals surface area (Å²) in [6, 6.07) is -0.660. The summed E-state index contributed by atoms with van der Waals surface area (Å²) in [5, 5.41) is 9.45. The Morgan fingerprint density at radius 3 is 2.11 bits per heavy atom. The van der Waals surface area contributed by atoms with E-state index in [1.165, 1.54) is 4.90 Å². The van der Waals surface area contributed by atoms with E-state index in [2.05, 4.69) is 0 Å². The predicted molar refractivity (Wildman–Crippen MR) is 69.9 cm³/mol. The van der Waals surface area contributed by atoms with Crippen LogP contribution in [0.1, 0.15) is 52.9 Å². The lowest BCUT2D eigenvalue weighted by atomic mass is 9.79. The van der Waals surface area contributed by atoms with Gasteiger partial charge >= 0.3 is 12.1 Å². The number of nitrogens with zero attached hydrogens (tertiary/aromatic N) is 1. The monoisotopic (exact) mass is 269 g/mol. The van der Waals surface area contributed by atoms with Crippen molar-refractivity contribution in [3.8, 4) is 0 Å². The summed E-state index contributed by atoms with van der Waals surface area (Å²) >= 11 is 0. The maximum Gasteiger partial charge on any atom is 0.411 e. The average molecular weight is 269 g/mol. The van der Waals surface area contributed by atoms with Crippen LogP contribution in [0.5, 0.6) is 0 Å². The molecular formula is C14H23NO4. The summed E-state index contributed by atoms with van der Waals surface area (Å²) in [6.45, 7) is 5.40. The molecule has 2 rings (SSSR count). The fourth-order valence-electron chi connectivity index (χ4n) is 2.46. The molecule has 0 spiro atoms. The Morgan fingerprint density at radius 2 is 1.79 bits per heavy atom. The molecule has 1 unspecified atom stereocenters. The van der Waals surface area contributed by atoms with E-state index in [9.17, 15) is 14.7 Å². The predicted octanol–water partition coefficient (Wildman–Crippen LogP) is 2.64. The number of carboxylic acid groups (broad SMARTS) is 1. The van der Waals surface area contributed by atoms with E-state index in [0.29, 0.717) is 0 Å². The minimum absolute atomic E-state index is 0.0524. The van der Waals surface area contributed by atoms with E-state index >= 15 is 0 Å². The lowest BCUT2D eigenvalue weighted by Gasteiger charge is -2.39. The van der Waals surface area contributed by atoms with Crippen LogP contribution >= 0.6 is 0 Å². The van der Waals surface area contributed by atoms with E-state index < -0.39 is 23.7 Å². The summed E-state index contributed by atoms with van der Waals surface area (Å²) < 4.78 is 5.37. The maximum absolute atomic E-state index is 12.3. The van der Waals surface area contributed by atoms with E-state index in [4.69, 9.17) is 4.74 Å². The molecule has 0 heterocycles. The van der Waals surface area contributed by atoms with Crippen LogP contribution in [0.3, 0.4) is 0 Å². The second kappa shape index (κ2) is 5.02. The molecule has 2 saturated carbocycles. The zero-order valence-electron chi connectivity index (χ0n) is 11.9. The molecule has 2 aliphatic carbocycles. The molecule has 1 N–H and O–H groups in total. The molecular weight excluding hydrogens is 246 g/mol. The summed E-state index contributed by atoms with van der Waals surface area (Å²) in [7, 11) is 0. The fourth-order valence-corrected chi connectivity index (χ4v) is 2.46. The Morgan fingerprint density at radius 1 is 1.21 bits per heavy atom. The molecule has 0 aromatic carbocycles. The van der Waals surface area contributed by atoms with Crippen molar-refractivity contribution in [2.24, 2.45) is 5.92 Å². The van der Waals surface area contributed by atoms with Gasteiger partial charge in [0.05, 0.1) is 0 Å². The minimum Gasteiger partial charge on any atom is -0.480 e. The molecule has 5 nitrogen and oxygen atoms in total. The van der Waals surface area contributed by atoms with E-state index in [0.717, 1.165) is 32.1 Å². The first kappa shape index (κ1) is 14.2. The first-order valence-corrected chi connectivity index (χ1v) is 7.04. The second-order valence-corrected chi connectivity index (χ2v) is 6.59. The number of hydrogen-bond acceptors (Lipinski definition) is 3. The zero-order chi connectivity index (χ0) is 14.2. The van der Waals surface area contributed by atoms with Crippen LogP contribution in [0.2, 0.25) is 0 Å². The topological polar surface area (TPSA) is 66.8 Å². The van der Waals surface area contributed by atoms with Crippen molar-refractivity contribution in [3.63, 3.8) is 0 Å². The molecule has 0 radical (unpaired) electrons. The number of ether oxygens (including phenoxy) is 1. The van der Waals surface area contributed by atoms with E-state index in [1.807, 2.05) is 0 Å². The Balaban J connectivity index is 2.13. The minimum atomic E-state index is -0.901. The molecule has 108 valence electrons. The highest BCUT2D eigenvalue weighted by atomic mass is 16.6. The molecule has 2 aliphatic rings. The summed E-state index contributed by atoms with van der Waals surface area (Å²) in [5.74, 6) is -0.812. The zero-order valence-corrected chi connectivity index (χ0v) is 11.9. The lowest BCUT2D eigenvalue weighted by Crippen LogP contribution is -2.53. The fraction of sp³-hybridized carbons (Fsp3) is 0.857. The average Bonchev–Trinajstić information content (AvgIpc) is 2.94. The first-order valence-electron chi connectivity index (χ1n) is 7.04. The summed E-state index contributed by atoms with van der Waals surface area (Å²) in [5.41, 5.74) is -0.590. The molecule has 1 amide bonds. The molecule has 2 fully saturated rings. The third-order valence-corrected chi connectivity index (χ3v) is 3.69. The molecule has 0 saturated heterocycles. The van der Waals surface area contributed by atoms with Crippen molar-refractivity contribution in [2.75, 3.05) is 0 Å². The van der Waals surface area contributed by atoms with Gasteiger partial charge in [0.15, 0.2) is 0 Å². The van der Waals surface area contributed by atoms with Crippen molar-refractivity contribution < 1.29 is 19.4 Å². The first-order chi connectivity index (χ1) is 8.79. The molecule has 0 aromatic rings. The number of hydrogen-bond donors (Lipinski definition) is 1. The molecule has 19 heavy (non-hydrogen) atoms. The number of rotatable bonds is 4. The number of carboxylic acids is 1. The Hall–Kier alpha value is -1.26. The molecule has 5 heteroatoms. The van der Waals surface area contributed by atoms with Gasteiger partial charge in [-0.15, -0.1) is 0 Å². The number of carbonyl (C=O) groups excluding carboxylic acids is 1. The number of aliphatic carboxylic acids is 1. The van der Waals surface area contributed by atoms with Crippen LogP contribution in [0, 0.1) is 5.92 Å². The van der Waals surface area contributed by atoms with Gasteiger partial charge in [0.1, 0.15) is 11.6 Å². The Kier molecular flexibility index (Phi) is 3.74. The molecule has 1 atom stereocenters. The Bertz CT molecular complexity index is 366. The third kappa shape index (κ3) is 3.39. The smallest absolute Gasteiger partial charge is 0.411 e. The lowest BCUT2D eigenvalue weighted by molar-refractivity contribution is -0.147.